The molecule has 0 amide bonds. The topological polar surface area (TPSA) is 83.8 Å². The monoisotopic (exact) mass is 361 g/mol. The number of azide groups is 1. The van der Waals surface area contributed by atoms with E-state index in [-0.39, 0.29) is 6.10 Å². The fraction of sp³-hybridized carbons (Fsp3) is 0.556. The summed E-state index contributed by atoms with van der Waals surface area (Å²) >= 11 is 6.11. The Labute approximate surface area is 153 Å². The maximum absolute atomic E-state index is 8.95. The second-order valence-corrected chi connectivity index (χ2v) is 7.29. The minimum absolute atomic E-state index is 0.0342. The smallest absolute Gasteiger partial charge is 0.223 e. The Kier molecular flexibility index (Phi) is 6.09. The third kappa shape index (κ3) is 4.33. The van der Waals surface area contributed by atoms with Crippen LogP contribution in [0.2, 0.25) is 5.15 Å². The quantitative estimate of drug-likeness (QED) is 0.261. The zero-order valence-corrected chi connectivity index (χ0v) is 16.1. The molecule has 2 atom stereocenters. The molecule has 25 heavy (non-hydrogen) atoms. The molecule has 0 radical (unpaired) electrons. The Morgan fingerprint density at radius 3 is 2.60 bits per heavy atom. The van der Waals surface area contributed by atoms with E-state index in [2.05, 4.69) is 33.8 Å². The molecule has 2 aromatic heterocycles. The highest BCUT2D eigenvalue weighted by atomic mass is 35.5. The Balaban J connectivity index is 2.59. The Morgan fingerprint density at radius 1 is 1.28 bits per heavy atom. The van der Waals surface area contributed by atoms with Gasteiger partial charge in [-0.05, 0) is 55.2 Å². The van der Waals surface area contributed by atoms with Gasteiger partial charge in [0.15, 0.2) is 0 Å². The van der Waals surface area contributed by atoms with Gasteiger partial charge < -0.3 is 4.74 Å². The van der Waals surface area contributed by atoms with Gasteiger partial charge in [0.25, 0.3) is 0 Å². The number of halogens is 1. The first-order valence-corrected chi connectivity index (χ1v) is 8.86. The Bertz CT molecular complexity index is 803. The summed E-state index contributed by atoms with van der Waals surface area (Å²) in [5, 5.41) is 5.98. The molecule has 0 spiro atoms. The molecule has 134 valence electrons. The number of hydrogen-bond acceptors (Lipinski definition) is 4. The summed E-state index contributed by atoms with van der Waals surface area (Å²) in [4.78, 5) is 11.7. The summed E-state index contributed by atoms with van der Waals surface area (Å²) in [6.07, 6.45) is 4.98. The van der Waals surface area contributed by atoms with Gasteiger partial charge in [0.05, 0.1) is 17.0 Å². The van der Waals surface area contributed by atoms with Crippen molar-refractivity contribution in [3.63, 3.8) is 0 Å². The van der Waals surface area contributed by atoms with Crippen molar-refractivity contribution >= 4 is 22.4 Å². The van der Waals surface area contributed by atoms with Crippen LogP contribution in [0.15, 0.2) is 23.6 Å². The van der Waals surface area contributed by atoms with Crippen molar-refractivity contribution in [2.75, 3.05) is 0 Å². The molecule has 0 aliphatic carbocycles. The second kappa shape index (κ2) is 7.89. The van der Waals surface area contributed by atoms with E-state index in [0.717, 1.165) is 22.8 Å². The van der Waals surface area contributed by atoms with Crippen LogP contribution in [-0.2, 0) is 5.54 Å². The zero-order chi connectivity index (χ0) is 18.6. The van der Waals surface area contributed by atoms with Crippen LogP contribution < -0.4 is 4.74 Å². The second-order valence-electron chi connectivity index (χ2n) is 6.90. The molecule has 0 aliphatic rings. The van der Waals surface area contributed by atoms with Crippen LogP contribution >= 0.6 is 11.6 Å². The molecule has 0 unspecified atom stereocenters. The number of ether oxygens (including phenoxy) is 1. The Hall–Kier alpha value is -2.04. The van der Waals surface area contributed by atoms with Gasteiger partial charge in [-0.3, -0.25) is 0 Å². The molecule has 0 fully saturated rings. The lowest BCUT2D eigenvalue weighted by Gasteiger charge is -2.25. The molecule has 0 aromatic carbocycles. The van der Waals surface area contributed by atoms with E-state index in [1.807, 2.05) is 20.8 Å². The molecule has 2 heterocycles. The predicted octanol–water partition coefficient (Wildman–Crippen LogP) is 6.03. The maximum Gasteiger partial charge on any atom is 0.223 e. The summed E-state index contributed by atoms with van der Waals surface area (Å²) in [6, 6.07) is 1.77. The van der Waals surface area contributed by atoms with Gasteiger partial charge in [0, 0.05) is 17.3 Å². The fourth-order valence-corrected chi connectivity index (χ4v) is 3.08. The zero-order valence-electron chi connectivity index (χ0n) is 15.3. The van der Waals surface area contributed by atoms with Crippen LogP contribution in [0.1, 0.15) is 53.0 Å². The van der Waals surface area contributed by atoms with Crippen molar-refractivity contribution in [1.82, 2.24) is 9.97 Å². The highest BCUT2D eigenvalue weighted by Crippen LogP contribution is 2.37. The molecule has 2 rings (SSSR count). The minimum atomic E-state index is -0.716. The molecule has 0 saturated heterocycles. The molecule has 0 saturated carbocycles. The third-order valence-electron chi connectivity index (χ3n) is 4.35. The van der Waals surface area contributed by atoms with Crippen molar-refractivity contribution in [1.29, 1.82) is 0 Å². The lowest BCUT2D eigenvalue weighted by atomic mass is 9.88. The standard InChI is InChI=1S/C18H24ClN5O/c1-6-18(5,23-24-20)15-10-22-17(25-12(4)7-11(2)3)14-9-21-16(19)8-13(14)15/h8-12H,6-7H2,1-5H3/t12-,18+/m0/s1. The van der Waals surface area contributed by atoms with Crippen molar-refractivity contribution in [3.8, 4) is 5.88 Å². The summed E-state index contributed by atoms with van der Waals surface area (Å²) < 4.78 is 6.04. The van der Waals surface area contributed by atoms with Gasteiger partial charge in [-0.15, -0.1) is 0 Å². The molecule has 0 aliphatic heterocycles. The van der Waals surface area contributed by atoms with Crippen LogP contribution in [0.5, 0.6) is 5.88 Å². The number of nitrogens with zero attached hydrogens (tertiary/aromatic N) is 5. The first-order valence-electron chi connectivity index (χ1n) is 8.48. The van der Waals surface area contributed by atoms with E-state index in [9.17, 15) is 0 Å². The molecule has 2 aromatic rings. The van der Waals surface area contributed by atoms with Crippen LogP contribution in [0.4, 0.5) is 0 Å². The number of aromatic nitrogens is 2. The van der Waals surface area contributed by atoms with E-state index in [1.165, 1.54) is 0 Å². The molecule has 6 nitrogen and oxygen atoms in total. The minimum Gasteiger partial charge on any atom is -0.474 e. The van der Waals surface area contributed by atoms with E-state index in [4.69, 9.17) is 21.9 Å². The summed E-state index contributed by atoms with van der Waals surface area (Å²) in [7, 11) is 0. The van der Waals surface area contributed by atoms with Crippen LogP contribution in [0.25, 0.3) is 21.2 Å². The van der Waals surface area contributed by atoms with Gasteiger partial charge >= 0.3 is 0 Å². The largest absolute Gasteiger partial charge is 0.474 e. The average Bonchev–Trinajstić information content (AvgIpc) is 2.54. The van der Waals surface area contributed by atoms with Crippen molar-refractivity contribution in [2.24, 2.45) is 11.0 Å². The number of rotatable bonds is 7. The van der Waals surface area contributed by atoms with Crippen molar-refractivity contribution < 1.29 is 4.74 Å². The van der Waals surface area contributed by atoms with E-state index < -0.39 is 5.54 Å². The molecular formula is C18H24ClN5O. The number of fused-ring (bicyclic) bond motifs is 1. The summed E-state index contributed by atoms with van der Waals surface area (Å²) in [6.45, 7) is 10.2. The lowest BCUT2D eigenvalue weighted by Crippen LogP contribution is -2.19. The third-order valence-corrected chi connectivity index (χ3v) is 4.56. The Morgan fingerprint density at radius 2 is 2.00 bits per heavy atom. The highest BCUT2D eigenvalue weighted by Gasteiger charge is 2.27. The van der Waals surface area contributed by atoms with E-state index in [1.54, 1.807) is 18.5 Å². The van der Waals surface area contributed by atoms with E-state index >= 15 is 0 Å². The van der Waals surface area contributed by atoms with Crippen molar-refractivity contribution in [3.05, 3.63) is 39.6 Å². The molecular weight excluding hydrogens is 338 g/mol. The SMILES string of the molecule is CC[C@@](C)(N=[N+]=[N-])c1cnc(O[C@@H](C)CC(C)C)c2cnc(Cl)cc12. The normalized spacial score (nSPS) is 14.8. The molecule has 7 heteroatoms. The van der Waals surface area contributed by atoms with Crippen molar-refractivity contribution in [2.45, 2.75) is 59.1 Å². The van der Waals surface area contributed by atoms with Crippen LogP contribution in [0, 0.1) is 5.92 Å². The lowest BCUT2D eigenvalue weighted by molar-refractivity contribution is 0.188. The van der Waals surface area contributed by atoms with Gasteiger partial charge in [-0.2, -0.15) is 0 Å². The van der Waals surface area contributed by atoms with Gasteiger partial charge in [-0.1, -0.05) is 37.5 Å². The summed E-state index contributed by atoms with van der Waals surface area (Å²) in [5.41, 5.74) is 9.05. The number of hydrogen-bond donors (Lipinski definition) is 0. The first kappa shape index (κ1) is 19.3. The van der Waals surface area contributed by atoms with Gasteiger partial charge in [-0.25, -0.2) is 9.97 Å². The van der Waals surface area contributed by atoms with E-state index in [0.29, 0.717) is 23.4 Å². The molecule has 0 N–H and O–H groups in total. The fourth-order valence-electron chi connectivity index (χ4n) is 2.92. The highest BCUT2D eigenvalue weighted by molar-refractivity contribution is 6.30. The average molecular weight is 362 g/mol. The maximum atomic E-state index is 8.95. The van der Waals surface area contributed by atoms with Crippen LogP contribution in [-0.4, -0.2) is 16.1 Å². The van der Waals surface area contributed by atoms with Crippen LogP contribution in [0.3, 0.4) is 0 Å². The van der Waals surface area contributed by atoms with Gasteiger partial charge in [0.2, 0.25) is 5.88 Å². The first-order chi connectivity index (χ1) is 11.8. The molecule has 0 bridgehead atoms. The predicted molar refractivity (Wildman–Crippen MR) is 101 cm³/mol. The van der Waals surface area contributed by atoms with Gasteiger partial charge in [0.1, 0.15) is 5.15 Å². The number of pyridine rings is 2. The summed E-state index contributed by atoms with van der Waals surface area (Å²) in [5.74, 6) is 1.05.